The molecule has 4 rings (SSSR count). The van der Waals surface area contributed by atoms with Gasteiger partial charge in [0.15, 0.2) is 11.4 Å². The van der Waals surface area contributed by atoms with Crippen LogP contribution in [0.2, 0.25) is 0 Å². The summed E-state index contributed by atoms with van der Waals surface area (Å²) >= 11 is 0. The number of hydrogen-bond donors (Lipinski definition) is 1. The van der Waals surface area contributed by atoms with Crippen molar-refractivity contribution < 1.29 is 9.59 Å². The molecule has 0 bridgehead atoms. The maximum Gasteiger partial charge on any atom is 0.272 e. The van der Waals surface area contributed by atoms with Crippen LogP contribution in [0, 0.1) is 0 Å². The average Bonchev–Trinajstić information content (AvgIpc) is 3.29. The van der Waals surface area contributed by atoms with E-state index in [0.29, 0.717) is 17.2 Å². The molecule has 40 heavy (non-hydrogen) atoms. The van der Waals surface area contributed by atoms with Gasteiger partial charge in [-0.05, 0) is 95.1 Å². The summed E-state index contributed by atoms with van der Waals surface area (Å²) in [4.78, 5) is 39.4. The summed E-state index contributed by atoms with van der Waals surface area (Å²) < 4.78 is 2.11. The number of ketones is 1. The number of rotatable bonds is 14. The van der Waals surface area contributed by atoms with E-state index < -0.39 is 0 Å². The van der Waals surface area contributed by atoms with Crippen molar-refractivity contribution in [2.75, 3.05) is 38.0 Å². The fourth-order valence-electron chi connectivity index (χ4n) is 5.16. The van der Waals surface area contributed by atoms with Gasteiger partial charge in [-0.2, -0.15) is 0 Å². The number of benzene rings is 1. The van der Waals surface area contributed by atoms with E-state index in [1.807, 2.05) is 41.3 Å². The quantitative estimate of drug-likeness (QED) is 0.220. The van der Waals surface area contributed by atoms with Crippen LogP contribution in [0.1, 0.15) is 100 Å². The van der Waals surface area contributed by atoms with Crippen molar-refractivity contribution in [3.63, 3.8) is 0 Å². The number of nitrogens with zero attached hydrogens (tertiary/aromatic N) is 5. The van der Waals surface area contributed by atoms with Gasteiger partial charge in [0.2, 0.25) is 5.95 Å². The highest BCUT2D eigenvalue weighted by Gasteiger charge is 2.20. The molecule has 1 amide bonds. The van der Waals surface area contributed by atoms with E-state index in [9.17, 15) is 9.59 Å². The Morgan fingerprint density at radius 2 is 1.55 bits per heavy atom. The van der Waals surface area contributed by atoms with Gasteiger partial charge in [-0.15, -0.1) is 0 Å². The van der Waals surface area contributed by atoms with Crippen LogP contribution in [-0.4, -0.2) is 68.7 Å². The molecule has 0 radical (unpaired) electrons. The van der Waals surface area contributed by atoms with E-state index >= 15 is 0 Å². The zero-order chi connectivity index (χ0) is 27.6. The molecular formula is C32H48N6O2. The first-order valence-electron chi connectivity index (χ1n) is 14.8. The second-order valence-corrected chi connectivity index (χ2v) is 10.6. The van der Waals surface area contributed by atoms with Crippen molar-refractivity contribution in [3.8, 4) is 0 Å². The second kappa shape index (κ2) is 15.5. The Morgan fingerprint density at radius 1 is 0.875 bits per heavy atom. The Labute approximate surface area is 240 Å². The van der Waals surface area contributed by atoms with Crippen LogP contribution in [-0.2, 0) is 6.54 Å². The highest BCUT2D eigenvalue weighted by atomic mass is 16.2. The number of amides is 1. The van der Waals surface area contributed by atoms with Crippen molar-refractivity contribution in [3.05, 3.63) is 47.7 Å². The maximum absolute atomic E-state index is 13.5. The fraction of sp³-hybridized carbons (Fsp3) is 0.562. The summed E-state index contributed by atoms with van der Waals surface area (Å²) in [7, 11) is 0. The van der Waals surface area contributed by atoms with Crippen LogP contribution in [0.4, 0.5) is 11.6 Å². The van der Waals surface area contributed by atoms with Gasteiger partial charge < -0.3 is 15.1 Å². The second-order valence-electron chi connectivity index (χ2n) is 10.6. The number of aryl methyl sites for hydroxylation is 1. The molecule has 1 saturated heterocycles. The minimum absolute atomic E-state index is 0. The molecule has 1 fully saturated rings. The largest absolute Gasteiger partial charge is 0.337 e. The summed E-state index contributed by atoms with van der Waals surface area (Å²) in [5.74, 6) is 0.735. The molecule has 0 unspecified atom stereocenters. The molecule has 3 heterocycles. The van der Waals surface area contributed by atoms with Crippen LogP contribution in [0.25, 0.3) is 11.2 Å². The molecule has 8 heteroatoms. The van der Waals surface area contributed by atoms with E-state index in [1.54, 1.807) is 6.92 Å². The highest BCUT2D eigenvalue weighted by Crippen LogP contribution is 2.24. The van der Waals surface area contributed by atoms with Crippen molar-refractivity contribution in [2.24, 2.45) is 0 Å². The van der Waals surface area contributed by atoms with Crippen molar-refractivity contribution in [2.45, 2.75) is 86.1 Å². The first kappa shape index (κ1) is 31.3. The van der Waals surface area contributed by atoms with Gasteiger partial charge in [-0.1, -0.05) is 40.5 Å². The number of unbranched alkanes of at least 4 members (excludes halogenated alkanes) is 2. The Bertz CT molecular complexity index is 1220. The third-order valence-corrected chi connectivity index (χ3v) is 7.51. The number of imidazole rings is 1. The van der Waals surface area contributed by atoms with Gasteiger partial charge in [0.25, 0.3) is 5.91 Å². The number of fused-ring (bicyclic) bond motifs is 1. The van der Waals surface area contributed by atoms with Crippen LogP contribution in [0.5, 0.6) is 0 Å². The van der Waals surface area contributed by atoms with Gasteiger partial charge in [0, 0.05) is 30.9 Å². The predicted molar refractivity (Wildman–Crippen MR) is 165 cm³/mol. The molecular weight excluding hydrogens is 500 g/mol. The Hall–Kier alpha value is -3.26. The molecule has 2 aromatic heterocycles. The van der Waals surface area contributed by atoms with E-state index in [0.717, 1.165) is 75.1 Å². The van der Waals surface area contributed by atoms with Gasteiger partial charge in [0.1, 0.15) is 11.2 Å². The summed E-state index contributed by atoms with van der Waals surface area (Å²) in [6.45, 7) is 11.5. The number of hydrogen-bond acceptors (Lipinski definition) is 6. The Balaban J connectivity index is 0.00000441. The molecule has 8 nitrogen and oxygen atoms in total. The lowest BCUT2D eigenvalue weighted by molar-refractivity contribution is 0.0745. The summed E-state index contributed by atoms with van der Waals surface area (Å²) in [6.07, 6.45) is 8.93. The van der Waals surface area contributed by atoms with E-state index in [-0.39, 0.29) is 19.1 Å². The molecule has 1 aliphatic rings. The van der Waals surface area contributed by atoms with Crippen molar-refractivity contribution in [1.29, 1.82) is 0 Å². The zero-order valence-electron chi connectivity index (χ0n) is 23.9. The molecule has 3 aromatic rings. The number of carbonyl (C=O) groups is 2. The molecule has 1 aliphatic heterocycles. The normalized spacial score (nSPS) is 13.7. The first-order valence-corrected chi connectivity index (χ1v) is 14.8. The van der Waals surface area contributed by atoms with Gasteiger partial charge >= 0.3 is 0 Å². The number of likely N-dealkylation sites (tertiary alicyclic amines) is 1. The number of pyridine rings is 1. The minimum atomic E-state index is -0.00537. The minimum Gasteiger partial charge on any atom is -0.337 e. The third-order valence-electron chi connectivity index (χ3n) is 7.51. The number of anilines is 2. The number of aromatic nitrogens is 3. The van der Waals surface area contributed by atoms with Gasteiger partial charge in [-0.3, -0.25) is 14.2 Å². The number of nitrogens with one attached hydrogen (secondary N) is 1. The monoisotopic (exact) mass is 548 g/mol. The lowest BCUT2D eigenvalue weighted by Gasteiger charge is -2.26. The highest BCUT2D eigenvalue weighted by molar-refractivity contribution is 5.95. The lowest BCUT2D eigenvalue weighted by atomic mass is 10.1. The van der Waals surface area contributed by atoms with E-state index in [1.165, 1.54) is 32.4 Å². The molecule has 0 saturated carbocycles. The molecule has 0 aliphatic carbocycles. The standard InChI is InChI=1S/C31H44N6O2.CH4/c1-4-6-21-36(22-7-5-2)30(39)28-17-16-27-29(33-28)37(23-11-20-35-18-9-8-10-19-35)31(34-27)32-26-14-12-25(13-15-26)24(3)38;/h12-17H,4-11,18-23H2,1-3H3,(H,32,34);1H4. The summed E-state index contributed by atoms with van der Waals surface area (Å²) in [5.41, 5.74) is 3.50. The topological polar surface area (TPSA) is 83.4 Å². The number of piperidine rings is 1. The van der Waals surface area contributed by atoms with Gasteiger partial charge in [-0.25, -0.2) is 9.97 Å². The van der Waals surface area contributed by atoms with Crippen LogP contribution in [0.3, 0.4) is 0 Å². The molecule has 1 N–H and O–H groups in total. The fourth-order valence-corrected chi connectivity index (χ4v) is 5.16. The summed E-state index contributed by atoms with van der Waals surface area (Å²) in [6, 6.07) is 11.2. The molecule has 0 atom stereocenters. The molecule has 218 valence electrons. The van der Waals surface area contributed by atoms with Crippen molar-refractivity contribution >= 4 is 34.5 Å². The SMILES string of the molecule is C.CCCCN(CCCC)C(=O)c1ccc2nc(Nc3ccc(C(C)=O)cc3)n(CCCN3CCCCC3)c2n1. The third kappa shape index (κ3) is 8.13. The number of Topliss-reactive ketones (excluding diaryl/α,β-unsaturated/α-hetero) is 1. The predicted octanol–water partition coefficient (Wildman–Crippen LogP) is 6.93. The first-order chi connectivity index (χ1) is 19.0. The lowest BCUT2D eigenvalue weighted by Crippen LogP contribution is -2.33. The Kier molecular flexibility index (Phi) is 12.1. The maximum atomic E-state index is 13.5. The Morgan fingerprint density at radius 3 is 2.17 bits per heavy atom. The summed E-state index contributed by atoms with van der Waals surface area (Å²) in [5, 5.41) is 3.44. The zero-order valence-corrected chi connectivity index (χ0v) is 23.9. The van der Waals surface area contributed by atoms with Crippen LogP contribution >= 0.6 is 0 Å². The number of carbonyl (C=O) groups excluding carboxylic acids is 2. The van der Waals surface area contributed by atoms with Crippen LogP contribution < -0.4 is 5.32 Å². The van der Waals surface area contributed by atoms with Crippen molar-refractivity contribution in [1.82, 2.24) is 24.3 Å². The average molecular weight is 549 g/mol. The molecule has 1 aromatic carbocycles. The van der Waals surface area contributed by atoms with E-state index in [4.69, 9.17) is 9.97 Å². The molecule has 0 spiro atoms. The van der Waals surface area contributed by atoms with E-state index in [2.05, 4.69) is 28.6 Å². The smallest absolute Gasteiger partial charge is 0.272 e. The van der Waals surface area contributed by atoms with Gasteiger partial charge in [0.05, 0.1) is 0 Å². The van der Waals surface area contributed by atoms with Crippen LogP contribution in [0.15, 0.2) is 36.4 Å².